The standard InChI is InChI=1S/C22H25ClN2O2S/c1-15-2-3-16(13-25-6-8-28-9-7-25)10-20(15)24-22(26)18-11-17-12-19(23)4-5-21(17)27-14-18/h2-5,10,12,18H,6-9,11,13-14H2,1H3,(H,24,26). The molecule has 1 unspecified atom stereocenters. The summed E-state index contributed by atoms with van der Waals surface area (Å²) >= 11 is 8.11. The van der Waals surface area contributed by atoms with Crippen molar-refractivity contribution in [1.29, 1.82) is 0 Å². The molecule has 0 aromatic heterocycles. The maximum Gasteiger partial charge on any atom is 0.231 e. The van der Waals surface area contributed by atoms with E-state index in [4.69, 9.17) is 16.3 Å². The highest BCUT2D eigenvalue weighted by molar-refractivity contribution is 7.99. The zero-order chi connectivity index (χ0) is 19.5. The maximum atomic E-state index is 12.9. The Hall–Kier alpha value is -1.69. The van der Waals surface area contributed by atoms with E-state index in [2.05, 4.69) is 28.4 Å². The fourth-order valence-corrected chi connectivity index (χ4v) is 4.86. The third-order valence-corrected chi connectivity index (χ3v) is 6.55. The molecule has 0 spiro atoms. The summed E-state index contributed by atoms with van der Waals surface area (Å²) in [5.41, 5.74) is 4.20. The molecule has 1 N–H and O–H groups in total. The van der Waals surface area contributed by atoms with Crippen molar-refractivity contribution in [2.75, 3.05) is 36.5 Å². The topological polar surface area (TPSA) is 41.6 Å². The third-order valence-electron chi connectivity index (χ3n) is 5.37. The average Bonchev–Trinajstić information content (AvgIpc) is 2.70. The molecule has 2 aliphatic heterocycles. The van der Waals surface area contributed by atoms with Crippen LogP contribution in [0.4, 0.5) is 5.69 Å². The second kappa shape index (κ2) is 8.76. The van der Waals surface area contributed by atoms with E-state index in [1.54, 1.807) is 0 Å². The molecule has 0 aliphatic carbocycles. The van der Waals surface area contributed by atoms with Crippen LogP contribution < -0.4 is 10.1 Å². The number of nitrogens with zero attached hydrogens (tertiary/aromatic N) is 1. The van der Waals surface area contributed by atoms with Gasteiger partial charge in [-0.25, -0.2) is 0 Å². The number of fused-ring (bicyclic) bond motifs is 1. The zero-order valence-corrected chi connectivity index (χ0v) is 17.6. The minimum absolute atomic E-state index is 0.000230. The number of hydrogen-bond acceptors (Lipinski definition) is 4. The molecule has 2 aliphatic rings. The first-order valence-corrected chi connectivity index (χ1v) is 11.2. The molecule has 2 aromatic carbocycles. The van der Waals surface area contributed by atoms with Gasteiger partial charge in [0.2, 0.25) is 5.91 Å². The fraction of sp³-hybridized carbons (Fsp3) is 0.409. The first kappa shape index (κ1) is 19.6. The Bertz CT molecular complexity index is 868. The van der Waals surface area contributed by atoms with Crippen LogP contribution in [0, 0.1) is 12.8 Å². The number of thioether (sulfide) groups is 1. The lowest BCUT2D eigenvalue weighted by Crippen LogP contribution is -2.33. The molecule has 28 heavy (non-hydrogen) atoms. The number of carbonyl (C=O) groups is 1. The Balaban J connectivity index is 1.43. The Morgan fingerprint density at radius 3 is 2.89 bits per heavy atom. The van der Waals surface area contributed by atoms with Crippen molar-refractivity contribution < 1.29 is 9.53 Å². The van der Waals surface area contributed by atoms with Crippen molar-refractivity contribution in [1.82, 2.24) is 4.90 Å². The number of benzene rings is 2. The molecular formula is C22H25ClN2O2S. The van der Waals surface area contributed by atoms with Crippen molar-refractivity contribution in [3.63, 3.8) is 0 Å². The van der Waals surface area contributed by atoms with E-state index in [-0.39, 0.29) is 11.8 Å². The van der Waals surface area contributed by atoms with Crippen LogP contribution >= 0.6 is 23.4 Å². The smallest absolute Gasteiger partial charge is 0.231 e. The van der Waals surface area contributed by atoms with E-state index in [0.29, 0.717) is 18.1 Å². The highest BCUT2D eigenvalue weighted by Gasteiger charge is 2.26. The van der Waals surface area contributed by atoms with E-state index in [1.165, 1.54) is 17.1 Å². The molecule has 1 fully saturated rings. The predicted octanol–water partition coefficient (Wildman–Crippen LogP) is 4.39. The largest absolute Gasteiger partial charge is 0.492 e. The minimum atomic E-state index is -0.215. The van der Waals surface area contributed by atoms with E-state index in [1.807, 2.05) is 36.9 Å². The summed E-state index contributed by atoms with van der Waals surface area (Å²) in [5.74, 6) is 3.00. The van der Waals surface area contributed by atoms with Gasteiger partial charge in [0.25, 0.3) is 0 Å². The van der Waals surface area contributed by atoms with Crippen molar-refractivity contribution in [3.05, 3.63) is 58.1 Å². The molecule has 1 atom stereocenters. The van der Waals surface area contributed by atoms with Gasteiger partial charge in [-0.15, -0.1) is 0 Å². The number of anilines is 1. The second-order valence-corrected chi connectivity index (χ2v) is 9.15. The SMILES string of the molecule is Cc1ccc(CN2CCSCC2)cc1NC(=O)C1COc2ccc(Cl)cc2C1. The molecule has 148 valence electrons. The summed E-state index contributed by atoms with van der Waals surface area (Å²) in [7, 11) is 0. The van der Waals surface area contributed by atoms with Gasteiger partial charge in [0.1, 0.15) is 12.4 Å². The Kier molecular flexibility index (Phi) is 6.14. The molecule has 0 radical (unpaired) electrons. The van der Waals surface area contributed by atoms with Crippen molar-refractivity contribution in [2.24, 2.45) is 5.92 Å². The molecule has 4 rings (SSSR count). The van der Waals surface area contributed by atoms with Crippen LogP contribution in [0.25, 0.3) is 0 Å². The lowest BCUT2D eigenvalue weighted by molar-refractivity contribution is -0.121. The number of hydrogen-bond donors (Lipinski definition) is 1. The Morgan fingerprint density at radius 2 is 2.07 bits per heavy atom. The van der Waals surface area contributed by atoms with Crippen LogP contribution in [-0.2, 0) is 17.8 Å². The van der Waals surface area contributed by atoms with Gasteiger partial charge >= 0.3 is 0 Å². The van der Waals surface area contributed by atoms with Gasteiger partial charge in [0, 0.05) is 41.8 Å². The molecule has 2 heterocycles. The first-order valence-electron chi connectivity index (χ1n) is 9.70. The van der Waals surface area contributed by atoms with E-state index < -0.39 is 0 Å². The summed E-state index contributed by atoms with van der Waals surface area (Å²) in [5, 5.41) is 3.80. The number of amides is 1. The molecule has 1 amide bonds. The summed E-state index contributed by atoms with van der Waals surface area (Å²) in [6.45, 7) is 5.61. The van der Waals surface area contributed by atoms with Gasteiger partial charge in [-0.05, 0) is 54.3 Å². The molecule has 0 bridgehead atoms. The number of aryl methyl sites for hydroxylation is 1. The van der Waals surface area contributed by atoms with Crippen LogP contribution in [0.1, 0.15) is 16.7 Å². The van der Waals surface area contributed by atoms with Crippen molar-refractivity contribution >= 4 is 35.0 Å². The van der Waals surface area contributed by atoms with Gasteiger partial charge in [-0.3, -0.25) is 9.69 Å². The highest BCUT2D eigenvalue weighted by atomic mass is 35.5. The van der Waals surface area contributed by atoms with Crippen molar-refractivity contribution in [3.8, 4) is 5.75 Å². The average molecular weight is 417 g/mol. The number of nitrogens with one attached hydrogen (secondary N) is 1. The maximum absolute atomic E-state index is 12.9. The number of rotatable bonds is 4. The summed E-state index contributed by atoms with van der Waals surface area (Å²) in [6.07, 6.45) is 0.645. The summed E-state index contributed by atoms with van der Waals surface area (Å²) in [4.78, 5) is 15.4. The highest BCUT2D eigenvalue weighted by Crippen LogP contribution is 2.30. The van der Waals surface area contributed by atoms with Gasteiger partial charge < -0.3 is 10.1 Å². The van der Waals surface area contributed by atoms with Gasteiger partial charge in [0.05, 0.1) is 5.92 Å². The zero-order valence-electron chi connectivity index (χ0n) is 16.0. The van der Waals surface area contributed by atoms with E-state index in [9.17, 15) is 4.79 Å². The second-order valence-electron chi connectivity index (χ2n) is 7.49. The molecular weight excluding hydrogens is 392 g/mol. The molecule has 2 aromatic rings. The lowest BCUT2D eigenvalue weighted by Gasteiger charge is -2.27. The van der Waals surface area contributed by atoms with Crippen LogP contribution in [0.2, 0.25) is 5.02 Å². The van der Waals surface area contributed by atoms with Gasteiger partial charge in [-0.2, -0.15) is 11.8 Å². The Morgan fingerprint density at radius 1 is 1.25 bits per heavy atom. The number of carbonyl (C=O) groups excluding carboxylic acids is 1. The predicted molar refractivity (Wildman–Crippen MR) is 117 cm³/mol. The number of halogens is 1. The summed E-state index contributed by atoms with van der Waals surface area (Å²) in [6, 6.07) is 11.9. The van der Waals surface area contributed by atoms with Crippen molar-refractivity contribution in [2.45, 2.75) is 19.9 Å². The molecule has 1 saturated heterocycles. The first-order chi connectivity index (χ1) is 13.6. The fourth-order valence-electron chi connectivity index (χ4n) is 3.69. The van der Waals surface area contributed by atoms with E-state index in [0.717, 1.165) is 42.2 Å². The minimum Gasteiger partial charge on any atom is -0.492 e. The lowest BCUT2D eigenvalue weighted by atomic mass is 9.95. The normalized spacial score (nSPS) is 19.6. The Labute approximate surface area is 175 Å². The van der Waals surface area contributed by atoms with Crippen LogP contribution in [-0.4, -0.2) is 42.0 Å². The van der Waals surface area contributed by atoms with Gasteiger partial charge in [-0.1, -0.05) is 23.7 Å². The number of ether oxygens (including phenoxy) is 1. The molecule has 6 heteroatoms. The quantitative estimate of drug-likeness (QED) is 0.802. The molecule has 4 nitrogen and oxygen atoms in total. The van der Waals surface area contributed by atoms with Gasteiger partial charge in [0.15, 0.2) is 0 Å². The summed E-state index contributed by atoms with van der Waals surface area (Å²) < 4.78 is 5.78. The molecule has 0 saturated carbocycles. The van der Waals surface area contributed by atoms with Crippen LogP contribution in [0.5, 0.6) is 5.75 Å². The van der Waals surface area contributed by atoms with Crippen LogP contribution in [0.15, 0.2) is 36.4 Å². The van der Waals surface area contributed by atoms with Crippen LogP contribution in [0.3, 0.4) is 0 Å². The van der Waals surface area contributed by atoms with E-state index >= 15 is 0 Å². The third kappa shape index (κ3) is 4.65. The monoisotopic (exact) mass is 416 g/mol.